The summed E-state index contributed by atoms with van der Waals surface area (Å²) in [5.74, 6) is 0. The Morgan fingerprint density at radius 1 is 1.20 bits per heavy atom. The Balaban J connectivity index is 1.87. The summed E-state index contributed by atoms with van der Waals surface area (Å²) in [4.78, 5) is 0. The lowest BCUT2D eigenvalue weighted by Crippen LogP contribution is -2.41. The summed E-state index contributed by atoms with van der Waals surface area (Å²) in [5.41, 5.74) is 0. The van der Waals surface area contributed by atoms with Gasteiger partial charge in [0.25, 0.3) is 0 Å². The average molecular weight is 215 g/mol. The zero-order valence-corrected chi connectivity index (χ0v) is 10.1. The zero-order valence-electron chi connectivity index (χ0n) is 10.1. The molecule has 90 valence electrons. The van der Waals surface area contributed by atoms with Crippen LogP contribution < -0.4 is 5.32 Å². The third-order valence-electron chi connectivity index (χ3n) is 2.84. The fraction of sp³-hybridized carbons (Fsp3) is 1.00. The van der Waals surface area contributed by atoms with Gasteiger partial charge in [0.15, 0.2) is 0 Å². The molecule has 1 rings (SSSR count). The number of piperidine rings is 1. The molecule has 0 spiro atoms. The number of hydrogen-bond acceptors (Lipinski definition) is 3. The van der Waals surface area contributed by atoms with Gasteiger partial charge in [0.2, 0.25) is 0 Å². The Kier molecular flexibility index (Phi) is 6.98. The Morgan fingerprint density at radius 2 is 2.07 bits per heavy atom. The molecule has 0 aliphatic carbocycles. The third kappa shape index (κ3) is 6.13. The maximum Gasteiger partial charge on any atom is 0.0704 e. The van der Waals surface area contributed by atoms with Gasteiger partial charge in [-0.25, -0.2) is 0 Å². The number of ether oxygens (including phenoxy) is 2. The molecule has 0 radical (unpaired) electrons. The molecule has 0 aromatic carbocycles. The molecule has 0 amide bonds. The van der Waals surface area contributed by atoms with Crippen LogP contribution >= 0.6 is 0 Å². The largest absolute Gasteiger partial charge is 0.379 e. The molecule has 1 N–H and O–H groups in total. The van der Waals surface area contributed by atoms with Crippen molar-refractivity contribution in [3.63, 3.8) is 0 Å². The second-order valence-corrected chi connectivity index (χ2v) is 4.35. The van der Waals surface area contributed by atoms with Crippen LogP contribution in [0.2, 0.25) is 0 Å². The van der Waals surface area contributed by atoms with Crippen LogP contribution in [0.25, 0.3) is 0 Å². The Hall–Kier alpha value is -0.120. The predicted octanol–water partition coefficient (Wildman–Crippen LogP) is 1.96. The lowest BCUT2D eigenvalue weighted by atomic mass is 10.0. The third-order valence-corrected chi connectivity index (χ3v) is 2.84. The van der Waals surface area contributed by atoms with Crippen LogP contribution in [-0.2, 0) is 9.47 Å². The maximum absolute atomic E-state index is 5.72. The number of unbranched alkanes of at least 4 members (excludes halogenated alkanes) is 1. The van der Waals surface area contributed by atoms with E-state index in [1.54, 1.807) is 0 Å². The zero-order chi connectivity index (χ0) is 10.9. The van der Waals surface area contributed by atoms with E-state index < -0.39 is 0 Å². The molecule has 15 heavy (non-hydrogen) atoms. The first-order chi connectivity index (χ1) is 7.33. The van der Waals surface area contributed by atoms with E-state index >= 15 is 0 Å². The fourth-order valence-corrected chi connectivity index (χ4v) is 1.74. The monoisotopic (exact) mass is 215 g/mol. The molecule has 1 aliphatic rings. The highest BCUT2D eigenvalue weighted by atomic mass is 16.5. The topological polar surface area (TPSA) is 30.5 Å². The van der Waals surface area contributed by atoms with E-state index in [0.717, 1.165) is 32.8 Å². The summed E-state index contributed by atoms with van der Waals surface area (Å²) in [6.07, 6.45) is 5.16. The van der Waals surface area contributed by atoms with Crippen molar-refractivity contribution in [2.45, 2.75) is 51.7 Å². The SMILES string of the molecule is CCCCOCCOC1CCC(C)NC1. The van der Waals surface area contributed by atoms with E-state index in [0.29, 0.717) is 12.1 Å². The maximum atomic E-state index is 5.72. The molecular weight excluding hydrogens is 190 g/mol. The van der Waals surface area contributed by atoms with Crippen LogP contribution in [0.4, 0.5) is 0 Å². The van der Waals surface area contributed by atoms with Gasteiger partial charge in [-0.2, -0.15) is 0 Å². The summed E-state index contributed by atoms with van der Waals surface area (Å²) in [7, 11) is 0. The second kappa shape index (κ2) is 8.08. The average Bonchev–Trinajstić information content (AvgIpc) is 2.26. The minimum absolute atomic E-state index is 0.399. The van der Waals surface area contributed by atoms with Crippen molar-refractivity contribution in [2.24, 2.45) is 0 Å². The predicted molar refractivity (Wildman–Crippen MR) is 62.2 cm³/mol. The smallest absolute Gasteiger partial charge is 0.0704 e. The first kappa shape index (κ1) is 12.9. The van der Waals surface area contributed by atoms with E-state index in [9.17, 15) is 0 Å². The van der Waals surface area contributed by atoms with Crippen LogP contribution in [0.5, 0.6) is 0 Å². The standard InChI is InChI=1S/C12H25NO2/c1-3-4-7-14-8-9-15-12-6-5-11(2)13-10-12/h11-13H,3-10H2,1-2H3. The Bertz CT molecular complexity index is 145. The molecule has 1 fully saturated rings. The molecule has 0 saturated carbocycles. The molecule has 1 aliphatic heterocycles. The van der Waals surface area contributed by atoms with Crippen LogP contribution in [0.3, 0.4) is 0 Å². The van der Waals surface area contributed by atoms with Gasteiger partial charge in [-0.1, -0.05) is 13.3 Å². The highest BCUT2D eigenvalue weighted by Crippen LogP contribution is 2.10. The van der Waals surface area contributed by atoms with Crippen LogP contribution in [-0.4, -0.2) is 38.5 Å². The molecule has 0 aromatic rings. The van der Waals surface area contributed by atoms with Crippen LogP contribution in [0.15, 0.2) is 0 Å². The lowest BCUT2D eigenvalue weighted by molar-refractivity contribution is -0.00830. The van der Waals surface area contributed by atoms with Crippen LogP contribution in [0.1, 0.15) is 39.5 Å². The van der Waals surface area contributed by atoms with Crippen molar-refractivity contribution in [3.8, 4) is 0 Å². The van der Waals surface area contributed by atoms with E-state index in [4.69, 9.17) is 9.47 Å². The Labute approximate surface area is 93.5 Å². The molecule has 3 heteroatoms. The van der Waals surface area contributed by atoms with Gasteiger partial charge in [0, 0.05) is 19.2 Å². The van der Waals surface area contributed by atoms with E-state index in [-0.39, 0.29) is 0 Å². The van der Waals surface area contributed by atoms with Crippen molar-refractivity contribution in [1.29, 1.82) is 0 Å². The number of nitrogens with one attached hydrogen (secondary N) is 1. The molecular formula is C12H25NO2. The van der Waals surface area contributed by atoms with Crippen LogP contribution in [0, 0.1) is 0 Å². The lowest BCUT2D eigenvalue weighted by Gasteiger charge is -2.27. The Morgan fingerprint density at radius 3 is 2.73 bits per heavy atom. The van der Waals surface area contributed by atoms with Gasteiger partial charge < -0.3 is 14.8 Å². The van der Waals surface area contributed by atoms with Gasteiger partial charge in [0.1, 0.15) is 0 Å². The molecule has 3 nitrogen and oxygen atoms in total. The van der Waals surface area contributed by atoms with Crippen molar-refractivity contribution in [3.05, 3.63) is 0 Å². The second-order valence-electron chi connectivity index (χ2n) is 4.35. The summed E-state index contributed by atoms with van der Waals surface area (Å²) in [5, 5.41) is 3.43. The number of hydrogen-bond donors (Lipinski definition) is 1. The van der Waals surface area contributed by atoms with Gasteiger partial charge in [-0.15, -0.1) is 0 Å². The molecule has 1 heterocycles. The minimum Gasteiger partial charge on any atom is -0.379 e. The molecule has 0 aromatic heterocycles. The highest BCUT2D eigenvalue weighted by molar-refractivity contribution is 4.74. The first-order valence-electron chi connectivity index (χ1n) is 6.25. The van der Waals surface area contributed by atoms with E-state index in [2.05, 4.69) is 19.2 Å². The first-order valence-corrected chi connectivity index (χ1v) is 6.25. The van der Waals surface area contributed by atoms with Crippen molar-refractivity contribution in [1.82, 2.24) is 5.32 Å². The van der Waals surface area contributed by atoms with E-state index in [1.165, 1.54) is 19.3 Å². The quantitative estimate of drug-likeness (QED) is 0.659. The summed E-state index contributed by atoms with van der Waals surface area (Å²) in [6.45, 7) is 7.76. The fourth-order valence-electron chi connectivity index (χ4n) is 1.74. The molecule has 2 atom stereocenters. The van der Waals surface area contributed by atoms with Gasteiger partial charge in [-0.3, -0.25) is 0 Å². The number of rotatable bonds is 7. The normalized spacial score (nSPS) is 26.8. The molecule has 2 unspecified atom stereocenters. The van der Waals surface area contributed by atoms with Crippen molar-refractivity contribution >= 4 is 0 Å². The summed E-state index contributed by atoms with van der Waals surface area (Å²) < 4.78 is 11.2. The van der Waals surface area contributed by atoms with Crippen molar-refractivity contribution in [2.75, 3.05) is 26.4 Å². The summed E-state index contributed by atoms with van der Waals surface area (Å²) in [6, 6.07) is 0.658. The highest BCUT2D eigenvalue weighted by Gasteiger charge is 2.17. The van der Waals surface area contributed by atoms with E-state index in [1.807, 2.05) is 0 Å². The van der Waals surface area contributed by atoms with Gasteiger partial charge in [-0.05, 0) is 26.2 Å². The molecule has 0 bridgehead atoms. The summed E-state index contributed by atoms with van der Waals surface area (Å²) >= 11 is 0. The van der Waals surface area contributed by atoms with Gasteiger partial charge >= 0.3 is 0 Å². The minimum atomic E-state index is 0.399. The van der Waals surface area contributed by atoms with Crippen molar-refractivity contribution < 1.29 is 9.47 Å². The molecule has 1 saturated heterocycles. The van der Waals surface area contributed by atoms with Gasteiger partial charge in [0.05, 0.1) is 19.3 Å².